The van der Waals surface area contributed by atoms with Gasteiger partial charge in [0.1, 0.15) is 17.8 Å². The number of nitrogens with zero attached hydrogens (tertiary/aromatic N) is 1. The topological polar surface area (TPSA) is 87.7 Å². The number of amides is 4. The molecule has 164 valence electrons. The molecule has 1 fully saturated rings. The molecule has 2 aromatic rings. The minimum atomic E-state index is -1.20. The van der Waals surface area contributed by atoms with E-state index in [1.54, 1.807) is 26.2 Å². The first-order chi connectivity index (χ1) is 14.5. The molecule has 0 radical (unpaired) electrons. The van der Waals surface area contributed by atoms with Gasteiger partial charge in [-0.15, -0.1) is 0 Å². The number of benzene rings is 2. The molecule has 1 heterocycles. The largest absolute Gasteiger partial charge is 0.497 e. The predicted molar refractivity (Wildman–Crippen MR) is 118 cm³/mol. The Kier molecular flexibility index (Phi) is 6.06. The lowest BCUT2D eigenvalue weighted by Crippen LogP contribution is -2.43. The highest BCUT2D eigenvalue weighted by Gasteiger charge is 2.49. The molecular formula is C24H29N3O4. The van der Waals surface area contributed by atoms with Crippen LogP contribution in [0.4, 0.5) is 4.79 Å². The van der Waals surface area contributed by atoms with Crippen molar-refractivity contribution in [2.75, 3.05) is 13.7 Å². The molecule has 4 amide bonds. The number of hydrogen-bond donors (Lipinski definition) is 2. The fourth-order valence-corrected chi connectivity index (χ4v) is 3.48. The number of carbonyl (C=O) groups excluding carboxylic acids is 3. The molecule has 2 aromatic carbocycles. The molecule has 0 aliphatic carbocycles. The molecule has 0 spiro atoms. The highest BCUT2D eigenvalue weighted by molar-refractivity contribution is 6.09. The van der Waals surface area contributed by atoms with Crippen molar-refractivity contribution in [1.82, 2.24) is 15.5 Å². The Morgan fingerprint density at radius 2 is 1.68 bits per heavy atom. The molecule has 1 atom stereocenters. The maximum absolute atomic E-state index is 13.0. The van der Waals surface area contributed by atoms with Crippen molar-refractivity contribution in [1.29, 1.82) is 0 Å². The molecule has 7 heteroatoms. The smallest absolute Gasteiger partial charge is 0.325 e. The summed E-state index contributed by atoms with van der Waals surface area (Å²) in [6.07, 6.45) is 0. The molecule has 7 nitrogen and oxygen atoms in total. The first-order valence-electron chi connectivity index (χ1n) is 10.2. The summed E-state index contributed by atoms with van der Waals surface area (Å²) >= 11 is 0. The van der Waals surface area contributed by atoms with Gasteiger partial charge < -0.3 is 15.4 Å². The first kappa shape index (κ1) is 22.3. The van der Waals surface area contributed by atoms with Crippen LogP contribution < -0.4 is 15.4 Å². The maximum atomic E-state index is 13.0. The zero-order valence-electron chi connectivity index (χ0n) is 18.6. The Labute approximate surface area is 182 Å². The second-order valence-corrected chi connectivity index (χ2v) is 8.90. The van der Waals surface area contributed by atoms with Gasteiger partial charge in [-0.2, -0.15) is 0 Å². The third-order valence-corrected chi connectivity index (χ3v) is 5.55. The zero-order valence-corrected chi connectivity index (χ0v) is 18.6. The van der Waals surface area contributed by atoms with Gasteiger partial charge in [0.2, 0.25) is 5.91 Å². The van der Waals surface area contributed by atoms with Gasteiger partial charge in [0, 0.05) is 6.54 Å². The third-order valence-electron chi connectivity index (χ3n) is 5.55. The summed E-state index contributed by atoms with van der Waals surface area (Å²) in [5, 5.41) is 5.48. The Hall–Kier alpha value is -3.35. The SMILES string of the molecule is COc1ccc(CNC(=O)CN2C(=O)N[C@](C)(c3ccc(C(C)(C)C)cc3)C2=O)cc1. The van der Waals surface area contributed by atoms with Crippen LogP contribution in [0.3, 0.4) is 0 Å². The summed E-state index contributed by atoms with van der Waals surface area (Å²) in [5.74, 6) is -0.128. The van der Waals surface area contributed by atoms with Crippen LogP contribution in [-0.2, 0) is 27.1 Å². The van der Waals surface area contributed by atoms with Crippen LogP contribution in [0.25, 0.3) is 0 Å². The van der Waals surface area contributed by atoms with Crippen molar-refractivity contribution in [3.05, 3.63) is 65.2 Å². The minimum Gasteiger partial charge on any atom is -0.497 e. The Bertz CT molecular complexity index is 977. The van der Waals surface area contributed by atoms with E-state index >= 15 is 0 Å². The van der Waals surface area contributed by atoms with Gasteiger partial charge >= 0.3 is 6.03 Å². The average Bonchev–Trinajstić information content (AvgIpc) is 2.96. The van der Waals surface area contributed by atoms with Crippen molar-refractivity contribution in [3.63, 3.8) is 0 Å². The van der Waals surface area contributed by atoms with Crippen LogP contribution in [-0.4, -0.2) is 36.4 Å². The van der Waals surface area contributed by atoms with Gasteiger partial charge in [0.05, 0.1) is 7.11 Å². The Morgan fingerprint density at radius 3 is 2.23 bits per heavy atom. The Balaban J connectivity index is 1.65. The number of urea groups is 1. The minimum absolute atomic E-state index is 0.0175. The molecule has 0 bridgehead atoms. The van der Waals surface area contributed by atoms with Crippen LogP contribution in [0.15, 0.2) is 48.5 Å². The zero-order chi connectivity index (χ0) is 22.8. The summed E-state index contributed by atoms with van der Waals surface area (Å²) in [5.41, 5.74) is 1.47. The van der Waals surface area contributed by atoms with E-state index in [4.69, 9.17) is 4.74 Å². The van der Waals surface area contributed by atoms with Gasteiger partial charge in [0.15, 0.2) is 0 Å². The van der Waals surface area contributed by atoms with Crippen LogP contribution in [0.1, 0.15) is 44.4 Å². The lowest BCUT2D eigenvalue weighted by atomic mass is 9.84. The molecule has 1 aliphatic rings. The van der Waals surface area contributed by atoms with E-state index in [9.17, 15) is 14.4 Å². The summed E-state index contributed by atoms with van der Waals surface area (Å²) in [4.78, 5) is 38.9. The van der Waals surface area contributed by atoms with Gasteiger partial charge in [0.25, 0.3) is 5.91 Å². The number of hydrogen-bond acceptors (Lipinski definition) is 4. The van der Waals surface area contributed by atoms with E-state index in [1.165, 1.54) is 0 Å². The van der Waals surface area contributed by atoms with Gasteiger partial charge in [-0.3, -0.25) is 14.5 Å². The van der Waals surface area contributed by atoms with Crippen molar-refractivity contribution in [2.24, 2.45) is 0 Å². The van der Waals surface area contributed by atoms with E-state index < -0.39 is 23.4 Å². The summed E-state index contributed by atoms with van der Waals surface area (Å²) < 4.78 is 5.11. The van der Waals surface area contributed by atoms with Crippen molar-refractivity contribution >= 4 is 17.8 Å². The standard InChI is InChI=1S/C24H29N3O4/c1-23(2,3)17-8-10-18(11-9-17)24(4)21(29)27(22(30)26-24)15-20(28)25-14-16-6-12-19(31-5)13-7-16/h6-13H,14-15H2,1-5H3,(H,25,28)(H,26,30)/t24-/m1/s1. The van der Waals surface area contributed by atoms with E-state index in [2.05, 4.69) is 31.4 Å². The quantitative estimate of drug-likeness (QED) is 0.699. The number of nitrogens with one attached hydrogen (secondary N) is 2. The van der Waals surface area contributed by atoms with Crippen LogP contribution in [0.2, 0.25) is 0 Å². The van der Waals surface area contributed by atoms with Crippen LogP contribution in [0, 0.1) is 0 Å². The predicted octanol–water partition coefficient (Wildman–Crippen LogP) is 3.08. The van der Waals surface area contributed by atoms with Crippen molar-refractivity contribution in [2.45, 2.75) is 45.2 Å². The second-order valence-electron chi connectivity index (χ2n) is 8.90. The van der Waals surface area contributed by atoms with E-state index in [1.807, 2.05) is 36.4 Å². The number of ether oxygens (including phenoxy) is 1. The highest BCUT2D eigenvalue weighted by Crippen LogP contribution is 2.31. The summed E-state index contributed by atoms with van der Waals surface area (Å²) in [7, 11) is 1.58. The first-order valence-corrected chi connectivity index (χ1v) is 10.2. The number of rotatable bonds is 6. The van der Waals surface area contributed by atoms with Crippen LogP contribution in [0.5, 0.6) is 5.75 Å². The fourth-order valence-electron chi connectivity index (χ4n) is 3.48. The maximum Gasteiger partial charge on any atom is 0.325 e. The number of methoxy groups -OCH3 is 1. The molecule has 1 aliphatic heterocycles. The van der Waals surface area contributed by atoms with Gasteiger partial charge in [-0.25, -0.2) is 4.79 Å². The number of carbonyl (C=O) groups is 3. The van der Waals surface area contributed by atoms with Gasteiger partial charge in [-0.05, 0) is 41.2 Å². The van der Waals surface area contributed by atoms with E-state index in [0.717, 1.165) is 21.8 Å². The molecule has 0 saturated carbocycles. The van der Waals surface area contributed by atoms with Crippen molar-refractivity contribution in [3.8, 4) is 5.75 Å². The molecule has 2 N–H and O–H groups in total. The lowest BCUT2D eigenvalue weighted by molar-refractivity contribution is -0.134. The summed E-state index contributed by atoms with van der Waals surface area (Å²) in [6.45, 7) is 7.94. The lowest BCUT2D eigenvalue weighted by Gasteiger charge is -2.24. The van der Waals surface area contributed by atoms with Gasteiger partial charge in [-0.1, -0.05) is 57.2 Å². The summed E-state index contributed by atoms with van der Waals surface area (Å²) in [6, 6.07) is 14.3. The monoisotopic (exact) mass is 423 g/mol. The third kappa shape index (κ3) is 4.71. The molecule has 0 aromatic heterocycles. The molecule has 1 saturated heterocycles. The van der Waals surface area contributed by atoms with E-state index in [0.29, 0.717) is 5.56 Å². The van der Waals surface area contributed by atoms with E-state index in [-0.39, 0.29) is 18.5 Å². The molecule has 0 unspecified atom stereocenters. The second kappa shape index (κ2) is 8.41. The Morgan fingerprint density at radius 1 is 1.06 bits per heavy atom. The average molecular weight is 424 g/mol. The molecular weight excluding hydrogens is 394 g/mol. The molecule has 3 rings (SSSR count). The highest BCUT2D eigenvalue weighted by atomic mass is 16.5. The fraction of sp³-hybridized carbons (Fsp3) is 0.375. The van der Waals surface area contributed by atoms with Crippen LogP contribution >= 0.6 is 0 Å². The normalized spacial score (nSPS) is 18.7. The number of imide groups is 1. The van der Waals surface area contributed by atoms with Crippen molar-refractivity contribution < 1.29 is 19.1 Å². The molecule has 31 heavy (non-hydrogen) atoms.